The first-order valence-electron chi connectivity index (χ1n) is 3.69. The van der Waals surface area contributed by atoms with Gasteiger partial charge in [-0.25, -0.2) is 9.37 Å². The Balaban J connectivity index is 2.96. The van der Waals surface area contributed by atoms with Gasteiger partial charge in [-0.15, -0.1) is 0 Å². The van der Waals surface area contributed by atoms with Crippen LogP contribution in [-0.4, -0.2) is 4.98 Å². The molecule has 0 aliphatic rings. The first-order chi connectivity index (χ1) is 6.77. The third-order valence-electron chi connectivity index (χ3n) is 1.35. The summed E-state index contributed by atoms with van der Waals surface area (Å²) in [4.78, 5) is 3.55. The summed E-state index contributed by atoms with van der Waals surface area (Å²) in [6, 6.07) is 4.56. The average molecular weight is 185 g/mol. The summed E-state index contributed by atoms with van der Waals surface area (Å²) in [7, 11) is 0. The molecule has 0 unspecified atom stereocenters. The molecule has 0 N–H and O–H groups in total. The second kappa shape index (κ2) is 4.60. The van der Waals surface area contributed by atoms with Crippen LogP contribution in [0.3, 0.4) is 0 Å². The molecule has 1 heterocycles. The smallest absolute Gasteiger partial charge is 0.176 e. The Kier molecular flexibility index (Phi) is 3.19. The molecule has 0 aliphatic heterocycles. The number of rotatable bonds is 0. The van der Waals surface area contributed by atoms with Gasteiger partial charge in [0.25, 0.3) is 0 Å². The Hall–Kier alpha value is -2.38. The van der Waals surface area contributed by atoms with Gasteiger partial charge in [-0.05, 0) is 6.07 Å². The van der Waals surface area contributed by atoms with Gasteiger partial charge in [-0.2, -0.15) is 10.5 Å². The summed E-state index contributed by atoms with van der Waals surface area (Å²) >= 11 is 0. The summed E-state index contributed by atoms with van der Waals surface area (Å²) in [5.41, 5.74) is 0.104. The molecule has 1 aromatic rings. The maximum Gasteiger partial charge on any atom is 0.176 e. The lowest BCUT2D eigenvalue weighted by atomic mass is 10.2. The van der Waals surface area contributed by atoms with E-state index in [-0.39, 0.29) is 12.1 Å². The van der Waals surface area contributed by atoms with E-state index in [0.717, 1.165) is 6.07 Å². The Bertz CT molecular complexity index is 483. The van der Waals surface area contributed by atoms with E-state index in [1.54, 1.807) is 6.07 Å². The molecule has 3 nitrogen and oxygen atoms in total. The second-order valence-electron chi connectivity index (χ2n) is 2.30. The van der Waals surface area contributed by atoms with E-state index in [4.69, 9.17) is 10.5 Å². The van der Waals surface area contributed by atoms with Crippen LogP contribution in [-0.2, 0) is 0 Å². The Morgan fingerprint density at radius 1 is 1.43 bits per heavy atom. The zero-order valence-corrected chi connectivity index (χ0v) is 7.08. The van der Waals surface area contributed by atoms with Crippen molar-refractivity contribution in [3.05, 3.63) is 29.3 Å². The number of pyridine rings is 1. The number of hydrogen-bond donors (Lipinski definition) is 0. The molecule has 14 heavy (non-hydrogen) atoms. The van der Waals surface area contributed by atoms with Crippen LogP contribution < -0.4 is 0 Å². The van der Waals surface area contributed by atoms with Crippen LogP contribution in [0.2, 0.25) is 0 Å². The first kappa shape index (κ1) is 9.71. The van der Waals surface area contributed by atoms with E-state index in [0.29, 0.717) is 5.56 Å². The van der Waals surface area contributed by atoms with Gasteiger partial charge in [0, 0.05) is 11.8 Å². The molecular weight excluding hydrogens is 181 g/mol. The molecule has 0 fully saturated rings. The van der Waals surface area contributed by atoms with Crippen molar-refractivity contribution in [2.24, 2.45) is 0 Å². The molecule has 1 rings (SSSR count). The lowest BCUT2D eigenvalue weighted by Gasteiger charge is -1.92. The van der Waals surface area contributed by atoms with E-state index in [1.165, 1.54) is 6.20 Å². The summed E-state index contributed by atoms with van der Waals surface area (Å²) in [6.07, 6.45) is 1.38. The highest BCUT2D eigenvalue weighted by atomic mass is 19.1. The minimum absolute atomic E-state index is 0.0849. The second-order valence-corrected chi connectivity index (χ2v) is 2.30. The lowest BCUT2D eigenvalue weighted by Crippen LogP contribution is -1.90. The van der Waals surface area contributed by atoms with Gasteiger partial charge in [0.2, 0.25) is 0 Å². The number of hydrogen-bond acceptors (Lipinski definition) is 3. The maximum atomic E-state index is 12.9. The monoisotopic (exact) mass is 185 g/mol. The van der Waals surface area contributed by atoms with Gasteiger partial charge in [0.1, 0.15) is 6.07 Å². The fraction of sp³-hybridized carbons (Fsp3) is 0.100. The van der Waals surface area contributed by atoms with Crippen LogP contribution in [0.4, 0.5) is 4.39 Å². The van der Waals surface area contributed by atoms with Crippen LogP contribution >= 0.6 is 0 Å². The Morgan fingerprint density at radius 2 is 2.21 bits per heavy atom. The minimum atomic E-state index is -0.698. The SMILES string of the molecule is N#CCC#Cc1cnc(C#N)c(F)c1. The fourth-order valence-electron chi connectivity index (χ4n) is 0.774. The molecular formula is C10H4FN3. The molecule has 0 atom stereocenters. The van der Waals surface area contributed by atoms with Gasteiger partial charge in [0.15, 0.2) is 11.5 Å². The standard InChI is InChI=1S/C10H4FN3/c11-9-5-8(3-1-2-4-12)7-14-10(9)6-13/h5,7H,2H2. The number of aromatic nitrogens is 1. The van der Waals surface area contributed by atoms with Crippen molar-refractivity contribution in [2.75, 3.05) is 0 Å². The van der Waals surface area contributed by atoms with Crippen LogP contribution in [0.15, 0.2) is 12.3 Å². The molecule has 0 aliphatic carbocycles. The molecule has 0 amide bonds. The summed E-state index contributed by atoms with van der Waals surface area (Å²) < 4.78 is 12.9. The third-order valence-corrected chi connectivity index (χ3v) is 1.35. The van der Waals surface area contributed by atoms with E-state index in [2.05, 4.69) is 16.8 Å². The molecule has 0 aromatic carbocycles. The number of halogens is 1. The number of nitriles is 2. The predicted molar refractivity (Wildman–Crippen MR) is 46.0 cm³/mol. The van der Waals surface area contributed by atoms with E-state index in [1.807, 2.05) is 6.07 Å². The van der Waals surface area contributed by atoms with Crippen molar-refractivity contribution < 1.29 is 4.39 Å². The van der Waals surface area contributed by atoms with Crippen molar-refractivity contribution >= 4 is 0 Å². The lowest BCUT2D eigenvalue weighted by molar-refractivity contribution is 0.616. The normalized spacial score (nSPS) is 7.93. The van der Waals surface area contributed by atoms with E-state index in [9.17, 15) is 4.39 Å². The summed E-state index contributed by atoms with van der Waals surface area (Å²) in [6.45, 7) is 0. The topological polar surface area (TPSA) is 60.5 Å². The van der Waals surface area contributed by atoms with Crippen molar-refractivity contribution in [3.63, 3.8) is 0 Å². The van der Waals surface area contributed by atoms with Crippen LogP contribution in [0.1, 0.15) is 17.7 Å². The molecule has 0 spiro atoms. The average Bonchev–Trinajstić information content (AvgIpc) is 2.18. The van der Waals surface area contributed by atoms with Crippen LogP contribution in [0.25, 0.3) is 0 Å². The van der Waals surface area contributed by atoms with E-state index < -0.39 is 5.82 Å². The molecule has 0 saturated heterocycles. The maximum absolute atomic E-state index is 12.9. The highest BCUT2D eigenvalue weighted by Crippen LogP contribution is 2.04. The van der Waals surface area contributed by atoms with Crippen molar-refractivity contribution in [1.29, 1.82) is 10.5 Å². The largest absolute Gasteiger partial charge is 0.241 e. The molecule has 0 radical (unpaired) electrons. The van der Waals surface area contributed by atoms with Crippen LogP contribution in [0.5, 0.6) is 0 Å². The van der Waals surface area contributed by atoms with Crippen molar-refractivity contribution in [3.8, 4) is 24.0 Å². The van der Waals surface area contributed by atoms with Gasteiger partial charge >= 0.3 is 0 Å². The first-order valence-corrected chi connectivity index (χ1v) is 3.69. The predicted octanol–water partition coefficient (Wildman–Crippen LogP) is 1.36. The Labute approximate surface area is 80.4 Å². The molecule has 0 saturated carbocycles. The molecule has 1 aromatic heterocycles. The van der Waals surface area contributed by atoms with E-state index >= 15 is 0 Å². The Morgan fingerprint density at radius 3 is 2.79 bits per heavy atom. The van der Waals surface area contributed by atoms with Crippen molar-refractivity contribution in [1.82, 2.24) is 4.98 Å². The van der Waals surface area contributed by atoms with Crippen molar-refractivity contribution in [2.45, 2.75) is 6.42 Å². The molecule has 4 heteroatoms. The van der Waals surface area contributed by atoms with Gasteiger partial charge < -0.3 is 0 Å². The molecule has 0 bridgehead atoms. The zero-order valence-electron chi connectivity index (χ0n) is 7.08. The van der Waals surface area contributed by atoms with Crippen LogP contribution in [0, 0.1) is 40.3 Å². The zero-order chi connectivity index (χ0) is 10.4. The quantitative estimate of drug-likeness (QED) is 0.573. The molecule has 66 valence electrons. The summed E-state index contributed by atoms with van der Waals surface area (Å²) in [5.74, 6) is 4.37. The summed E-state index contributed by atoms with van der Waals surface area (Å²) in [5, 5.41) is 16.6. The fourth-order valence-corrected chi connectivity index (χ4v) is 0.774. The highest BCUT2D eigenvalue weighted by molar-refractivity contribution is 5.36. The van der Waals surface area contributed by atoms with Gasteiger partial charge in [-0.1, -0.05) is 11.8 Å². The van der Waals surface area contributed by atoms with Gasteiger partial charge in [-0.3, -0.25) is 0 Å². The van der Waals surface area contributed by atoms with Gasteiger partial charge in [0.05, 0.1) is 12.5 Å². The highest BCUT2D eigenvalue weighted by Gasteiger charge is 2.01. The minimum Gasteiger partial charge on any atom is -0.241 e. The third kappa shape index (κ3) is 2.30. The number of nitrogens with zero attached hydrogens (tertiary/aromatic N) is 3.